The summed E-state index contributed by atoms with van der Waals surface area (Å²) in [4.78, 5) is 22.1. The minimum absolute atomic E-state index is 0.129. The number of aromatic carboxylic acids is 1. The van der Waals surface area contributed by atoms with E-state index in [0.29, 0.717) is 0 Å². The fourth-order valence-electron chi connectivity index (χ4n) is 1.08. The van der Waals surface area contributed by atoms with Gasteiger partial charge in [-0.2, -0.15) is 0 Å². The van der Waals surface area contributed by atoms with Gasteiger partial charge in [-0.1, -0.05) is 12.1 Å². The Kier molecular flexibility index (Phi) is 3.98. The van der Waals surface area contributed by atoms with E-state index in [1.807, 2.05) is 0 Å². The van der Waals surface area contributed by atoms with Crippen LogP contribution in [0, 0.1) is 0 Å². The Labute approximate surface area is 90.7 Å². The summed E-state index contributed by atoms with van der Waals surface area (Å²) < 4.78 is 4.48. The monoisotopic (exact) mass is 226 g/mol. The molecule has 0 heterocycles. The molecule has 0 spiro atoms. The topological polar surface area (TPSA) is 104 Å². The first-order valence-electron chi connectivity index (χ1n) is 4.38. The molecule has 6 heteroatoms. The molecule has 3 N–H and O–H groups in total. The lowest BCUT2D eigenvalue weighted by atomic mass is 10.1. The van der Waals surface area contributed by atoms with Crippen LogP contribution in [0.2, 0.25) is 0 Å². The number of hydrogen-bond acceptors (Lipinski definition) is 5. The van der Waals surface area contributed by atoms with Crippen LogP contribution in [0.5, 0.6) is 0 Å². The van der Waals surface area contributed by atoms with Crippen LogP contribution in [-0.4, -0.2) is 40.2 Å². The van der Waals surface area contributed by atoms with Crippen LogP contribution in [0.3, 0.4) is 0 Å². The van der Waals surface area contributed by atoms with Gasteiger partial charge in [0.1, 0.15) is 6.61 Å². The Morgan fingerprint density at radius 1 is 1.19 bits per heavy atom. The first-order chi connectivity index (χ1) is 7.52. The van der Waals surface area contributed by atoms with Gasteiger partial charge in [0.2, 0.25) is 0 Å². The molecule has 0 saturated carbocycles. The summed E-state index contributed by atoms with van der Waals surface area (Å²) in [6.07, 6.45) is -1.78. The molecule has 86 valence electrons. The normalized spacial score (nSPS) is 10.2. The number of carboxylic acid groups (broad SMARTS) is 1. The predicted octanol–water partition coefficient (Wildman–Crippen LogP) is -0.148. The minimum atomic E-state index is -1.78. The van der Waals surface area contributed by atoms with Crippen molar-refractivity contribution in [1.82, 2.24) is 0 Å². The summed E-state index contributed by atoms with van der Waals surface area (Å²) in [7, 11) is 0. The first kappa shape index (κ1) is 12.2. The molecule has 16 heavy (non-hydrogen) atoms. The molecule has 0 amide bonds. The van der Waals surface area contributed by atoms with Crippen molar-refractivity contribution in [3.05, 3.63) is 35.4 Å². The Morgan fingerprint density at radius 2 is 1.75 bits per heavy atom. The lowest BCUT2D eigenvalue weighted by molar-refractivity contribution is -0.0812. The molecule has 1 rings (SSSR count). The average Bonchev–Trinajstić information content (AvgIpc) is 2.25. The Morgan fingerprint density at radius 3 is 2.25 bits per heavy atom. The molecule has 0 aromatic heterocycles. The van der Waals surface area contributed by atoms with E-state index in [0.717, 1.165) is 0 Å². The predicted molar refractivity (Wildman–Crippen MR) is 51.9 cm³/mol. The molecular weight excluding hydrogens is 216 g/mol. The molecule has 0 unspecified atom stereocenters. The maximum absolute atomic E-state index is 11.4. The average molecular weight is 226 g/mol. The van der Waals surface area contributed by atoms with E-state index in [-0.39, 0.29) is 11.1 Å². The van der Waals surface area contributed by atoms with E-state index in [1.54, 1.807) is 0 Å². The zero-order valence-electron chi connectivity index (χ0n) is 8.16. The SMILES string of the molecule is O=C(O)c1ccccc1C(=O)OCC(O)O. The van der Waals surface area contributed by atoms with Crippen molar-refractivity contribution in [3.63, 3.8) is 0 Å². The number of carboxylic acids is 1. The van der Waals surface area contributed by atoms with Crippen molar-refractivity contribution < 1.29 is 29.6 Å². The van der Waals surface area contributed by atoms with Gasteiger partial charge in [-0.05, 0) is 12.1 Å². The van der Waals surface area contributed by atoms with Gasteiger partial charge in [0, 0.05) is 0 Å². The first-order valence-corrected chi connectivity index (χ1v) is 4.38. The number of aliphatic hydroxyl groups excluding tert-OH is 1. The van der Waals surface area contributed by atoms with E-state index < -0.39 is 24.8 Å². The summed E-state index contributed by atoms with van der Waals surface area (Å²) >= 11 is 0. The van der Waals surface area contributed by atoms with Gasteiger partial charge in [-0.25, -0.2) is 9.59 Å². The maximum Gasteiger partial charge on any atom is 0.339 e. The maximum atomic E-state index is 11.4. The largest absolute Gasteiger partial charge is 0.478 e. The van der Waals surface area contributed by atoms with E-state index >= 15 is 0 Å². The standard InChI is InChI=1S/C10H10O6/c11-8(12)5-16-10(15)7-4-2-1-3-6(7)9(13)14/h1-4,8,11-12H,5H2,(H,13,14). The van der Waals surface area contributed by atoms with Gasteiger partial charge >= 0.3 is 11.9 Å². The number of ether oxygens (including phenoxy) is 1. The van der Waals surface area contributed by atoms with Gasteiger partial charge in [-0.15, -0.1) is 0 Å². The van der Waals surface area contributed by atoms with Crippen LogP contribution in [0.1, 0.15) is 20.7 Å². The summed E-state index contributed by atoms with van der Waals surface area (Å²) in [5, 5.41) is 25.8. The van der Waals surface area contributed by atoms with E-state index in [2.05, 4.69) is 4.74 Å². The summed E-state index contributed by atoms with van der Waals surface area (Å²) in [6, 6.07) is 5.50. The Hall–Kier alpha value is -1.92. The highest BCUT2D eigenvalue weighted by atomic mass is 16.6. The fraction of sp³-hybridized carbons (Fsp3) is 0.200. The van der Waals surface area contributed by atoms with Gasteiger partial charge in [0.15, 0.2) is 6.29 Å². The minimum Gasteiger partial charge on any atom is -0.478 e. The Balaban J connectivity index is 2.86. The summed E-state index contributed by atoms with van der Waals surface area (Å²) in [5.41, 5.74) is -0.324. The molecule has 1 aromatic carbocycles. The van der Waals surface area contributed by atoms with Crippen LogP contribution in [0.15, 0.2) is 24.3 Å². The molecule has 0 bridgehead atoms. The highest BCUT2D eigenvalue weighted by Crippen LogP contribution is 2.10. The number of esters is 1. The molecule has 0 fully saturated rings. The fourth-order valence-corrected chi connectivity index (χ4v) is 1.08. The number of aliphatic hydroxyl groups is 2. The van der Waals surface area contributed by atoms with Crippen LogP contribution in [0.4, 0.5) is 0 Å². The number of rotatable bonds is 4. The lowest BCUT2D eigenvalue weighted by Crippen LogP contribution is -2.19. The van der Waals surface area contributed by atoms with Gasteiger partial charge in [-0.3, -0.25) is 0 Å². The van der Waals surface area contributed by atoms with Crippen molar-refractivity contribution in [2.45, 2.75) is 6.29 Å². The molecule has 0 aliphatic rings. The highest BCUT2D eigenvalue weighted by Gasteiger charge is 2.17. The molecule has 0 atom stereocenters. The second-order valence-electron chi connectivity index (χ2n) is 2.93. The smallest absolute Gasteiger partial charge is 0.339 e. The zero-order valence-corrected chi connectivity index (χ0v) is 8.16. The van der Waals surface area contributed by atoms with Crippen molar-refractivity contribution >= 4 is 11.9 Å². The summed E-state index contributed by atoms with van der Waals surface area (Å²) in [6.45, 7) is -0.604. The molecule has 0 aliphatic heterocycles. The number of carbonyl (C=O) groups excluding carboxylic acids is 1. The van der Waals surface area contributed by atoms with E-state index in [9.17, 15) is 9.59 Å². The van der Waals surface area contributed by atoms with Crippen LogP contribution < -0.4 is 0 Å². The molecule has 1 aromatic rings. The van der Waals surface area contributed by atoms with Crippen LogP contribution >= 0.6 is 0 Å². The van der Waals surface area contributed by atoms with Crippen LogP contribution in [-0.2, 0) is 4.74 Å². The third-order valence-corrected chi connectivity index (χ3v) is 1.74. The third-order valence-electron chi connectivity index (χ3n) is 1.74. The second kappa shape index (κ2) is 5.24. The van der Waals surface area contributed by atoms with Gasteiger partial charge in [0.05, 0.1) is 11.1 Å². The molecule has 0 saturated heterocycles. The van der Waals surface area contributed by atoms with Crippen molar-refractivity contribution in [1.29, 1.82) is 0 Å². The van der Waals surface area contributed by atoms with Crippen molar-refractivity contribution in [3.8, 4) is 0 Å². The molecule has 0 aliphatic carbocycles. The third kappa shape index (κ3) is 3.04. The zero-order chi connectivity index (χ0) is 12.1. The van der Waals surface area contributed by atoms with E-state index in [1.165, 1.54) is 24.3 Å². The Bertz CT molecular complexity index is 398. The number of benzene rings is 1. The summed E-state index contributed by atoms with van der Waals surface area (Å²) in [5.74, 6) is -2.16. The number of carbonyl (C=O) groups is 2. The van der Waals surface area contributed by atoms with E-state index in [4.69, 9.17) is 15.3 Å². The van der Waals surface area contributed by atoms with Gasteiger partial charge < -0.3 is 20.1 Å². The number of hydrogen-bond donors (Lipinski definition) is 3. The lowest BCUT2D eigenvalue weighted by Gasteiger charge is -2.07. The van der Waals surface area contributed by atoms with Crippen molar-refractivity contribution in [2.24, 2.45) is 0 Å². The quantitative estimate of drug-likeness (QED) is 0.487. The molecule has 0 radical (unpaired) electrons. The van der Waals surface area contributed by atoms with Crippen LogP contribution in [0.25, 0.3) is 0 Å². The van der Waals surface area contributed by atoms with Gasteiger partial charge in [0.25, 0.3) is 0 Å². The molecular formula is C10H10O6. The second-order valence-corrected chi connectivity index (χ2v) is 2.93. The highest BCUT2D eigenvalue weighted by molar-refractivity contribution is 6.02. The molecule has 6 nitrogen and oxygen atoms in total. The van der Waals surface area contributed by atoms with Crippen molar-refractivity contribution in [2.75, 3.05) is 6.61 Å².